The van der Waals surface area contributed by atoms with Gasteiger partial charge in [-0.1, -0.05) is 57.3 Å². The number of carbonyl (C=O) groups is 1. The molecule has 7 nitrogen and oxygen atoms in total. The molecule has 0 fully saturated rings. The normalized spacial score (nSPS) is 12.1. The molecule has 1 atom stereocenters. The van der Waals surface area contributed by atoms with Crippen LogP contribution < -0.4 is 15.6 Å². The molecule has 190 valence electrons. The van der Waals surface area contributed by atoms with Crippen molar-refractivity contribution in [3.05, 3.63) is 96.4 Å². The number of rotatable bonds is 8. The number of ether oxygens (including phenoxy) is 1. The monoisotopic (exact) mass is 644 g/mol. The number of anilines is 1. The molecule has 1 N–H and O–H groups in total. The van der Waals surface area contributed by atoms with Crippen LogP contribution >= 0.6 is 43.5 Å². The standard InChI is InChI=1S/C27H23Br2ClN4O3/c1-3-16(2)26-33-23-10-4-19(29)13-22(23)27(36)34(26)31-14-17-12-18(28)5-11-24(17)37-15-25(35)32-21-8-6-20(30)7-9-21/h4-14,16H,3,15H2,1-2H3,(H,32,35)/t16-/m0/s1. The van der Waals surface area contributed by atoms with Crippen molar-refractivity contribution in [3.8, 4) is 5.75 Å². The predicted molar refractivity (Wildman–Crippen MR) is 155 cm³/mol. The second-order valence-corrected chi connectivity index (χ2v) is 10.6. The number of halogens is 3. The van der Waals surface area contributed by atoms with Gasteiger partial charge in [0.05, 0.1) is 17.1 Å². The van der Waals surface area contributed by atoms with E-state index in [4.69, 9.17) is 21.3 Å². The van der Waals surface area contributed by atoms with Gasteiger partial charge in [0.1, 0.15) is 11.6 Å². The summed E-state index contributed by atoms with van der Waals surface area (Å²) >= 11 is 12.8. The predicted octanol–water partition coefficient (Wildman–Crippen LogP) is 6.99. The Morgan fingerprint density at radius 1 is 1.14 bits per heavy atom. The van der Waals surface area contributed by atoms with Crippen molar-refractivity contribution in [1.29, 1.82) is 0 Å². The summed E-state index contributed by atoms with van der Waals surface area (Å²) < 4.78 is 8.70. The van der Waals surface area contributed by atoms with Crippen molar-refractivity contribution in [3.63, 3.8) is 0 Å². The third-order valence-corrected chi connectivity index (χ3v) is 6.90. The van der Waals surface area contributed by atoms with Gasteiger partial charge in [-0.15, -0.1) is 0 Å². The Bertz CT molecular complexity index is 1540. The van der Waals surface area contributed by atoms with Crippen LogP contribution in [0, 0.1) is 0 Å². The van der Waals surface area contributed by atoms with Gasteiger partial charge >= 0.3 is 0 Å². The lowest BCUT2D eigenvalue weighted by atomic mass is 10.1. The molecule has 4 aromatic rings. The molecule has 0 unspecified atom stereocenters. The maximum absolute atomic E-state index is 13.4. The number of carbonyl (C=O) groups excluding carboxylic acids is 1. The first-order valence-corrected chi connectivity index (χ1v) is 13.5. The summed E-state index contributed by atoms with van der Waals surface area (Å²) in [5.41, 5.74) is 1.55. The van der Waals surface area contributed by atoms with Crippen molar-refractivity contribution < 1.29 is 9.53 Å². The molecule has 0 saturated carbocycles. The fraction of sp³-hybridized carbons (Fsp3) is 0.185. The number of nitrogens with zero attached hydrogens (tertiary/aromatic N) is 3. The van der Waals surface area contributed by atoms with Gasteiger partial charge in [-0.05, 0) is 67.1 Å². The highest BCUT2D eigenvalue weighted by Gasteiger charge is 2.16. The van der Waals surface area contributed by atoms with Gasteiger partial charge in [0, 0.05) is 31.1 Å². The van der Waals surface area contributed by atoms with Crippen LogP contribution in [0.4, 0.5) is 5.69 Å². The van der Waals surface area contributed by atoms with Crippen molar-refractivity contribution in [2.45, 2.75) is 26.2 Å². The second kappa shape index (κ2) is 12.0. The molecule has 1 aromatic heterocycles. The molecule has 0 radical (unpaired) electrons. The summed E-state index contributed by atoms with van der Waals surface area (Å²) in [5.74, 6) is 0.687. The molecule has 3 aromatic carbocycles. The van der Waals surface area contributed by atoms with E-state index in [1.165, 1.54) is 10.9 Å². The first-order valence-electron chi connectivity index (χ1n) is 11.5. The molecule has 0 saturated heterocycles. The maximum Gasteiger partial charge on any atom is 0.282 e. The highest BCUT2D eigenvalue weighted by Crippen LogP contribution is 2.24. The minimum Gasteiger partial charge on any atom is -0.483 e. The van der Waals surface area contributed by atoms with Crippen LogP contribution in [0.5, 0.6) is 5.75 Å². The third kappa shape index (κ3) is 6.66. The number of hydrogen-bond donors (Lipinski definition) is 1. The molecule has 1 heterocycles. The highest BCUT2D eigenvalue weighted by atomic mass is 79.9. The highest BCUT2D eigenvalue weighted by molar-refractivity contribution is 9.10. The number of amides is 1. The van der Waals surface area contributed by atoms with E-state index in [0.717, 1.165) is 15.4 Å². The lowest BCUT2D eigenvalue weighted by molar-refractivity contribution is -0.118. The summed E-state index contributed by atoms with van der Waals surface area (Å²) in [6, 6.07) is 17.5. The minimum atomic E-state index is -0.326. The lowest BCUT2D eigenvalue weighted by Gasteiger charge is -2.14. The Kier molecular flexibility index (Phi) is 8.79. The molecular weight excluding hydrogens is 624 g/mol. The van der Waals surface area contributed by atoms with Crippen molar-refractivity contribution in [2.75, 3.05) is 11.9 Å². The number of nitrogens with one attached hydrogen (secondary N) is 1. The average molecular weight is 647 g/mol. The number of aromatic nitrogens is 2. The van der Waals surface area contributed by atoms with Crippen molar-refractivity contribution >= 4 is 72.2 Å². The van der Waals surface area contributed by atoms with Crippen LogP contribution in [0.25, 0.3) is 10.9 Å². The quantitative estimate of drug-likeness (QED) is 0.209. The summed E-state index contributed by atoms with van der Waals surface area (Å²) in [4.78, 5) is 30.5. The Balaban J connectivity index is 1.63. The molecule has 0 aliphatic carbocycles. The number of hydrogen-bond acceptors (Lipinski definition) is 5. The molecule has 0 bridgehead atoms. The maximum atomic E-state index is 13.4. The van der Waals surface area contributed by atoms with Crippen molar-refractivity contribution in [1.82, 2.24) is 9.66 Å². The zero-order valence-electron chi connectivity index (χ0n) is 20.0. The smallest absolute Gasteiger partial charge is 0.282 e. The van der Waals surface area contributed by atoms with Crippen LogP contribution in [0.15, 0.2) is 79.5 Å². The van der Waals surface area contributed by atoms with Gasteiger partial charge in [0.25, 0.3) is 11.5 Å². The fourth-order valence-electron chi connectivity index (χ4n) is 3.52. The first kappa shape index (κ1) is 27.0. The second-order valence-electron chi connectivity index (χ2n) is 8.33. The van der Waals surface area contributed by atoms with E-state index in [9.17, 15) is 9.59 Å². The van der Waals surface area contributed by atoms with E-state index in [1.807, 2.05) is 26.0 Å². The van der Waals surface area contributed by atoms with Crippen LogP contribution in [0.2, 0.25) is 5.02 Å². The third-order valence-electron chi connectivity index (χ3n) is 5.66. The van der Waals surface area contributed by atoms with E-state index in [0.29, 0.717) is 38.8 Å². The molecule has 37 heavy (non-hydrogen) atoms. The largest absolute Gasteiger partial charge is 0.483 e. The van der Waals surface area contributed by atoms with Gasteiger partial charge in [0.15, 0.2) is 6.61 Å². The van der Waals surface area contributed by atoms with Crippen molar-refractivity contribution in [2.24, 2.45) is 5.10 Å². The zero-order chi connectivity index (χ0) is 26.5. The van der Waals surface area contributed by atoms with E-state index in [-0.39, 0.29) is 24.0 Å². The summed E-state index contributed by atoms with van der Waals surface area (Å²) in [7, 11) is 0. The Morgan fingerprint density at radius 3 is 2.57 bits per heavy atom. The van der Waals surface area contributed by atoms with Crippen LogP contribution in [0.1, 0.15) is 37.6 Å². The Hall–Kier alpha value is -3.01. The average Bonchev–Trinajstić information content (AvgIpc) is 2.88. The van der Waals surface area contributed by atoms with Gasteiger partial charge in [-0.2, -0.15) is 9.78 Å². The fourth-order valence-corrected chi connectivity index (χ4v) is 4.39. The van der Waals surface area contributed by atoms with Gasteiger partial charge < -0.3 is 10.1 Å². The Morgan fingerprint density at radius 2 is 1.84 bits per heavy atom. The minimum absolute atomic E-state index is 0.00712. The first-order chi connectivity index (χ1) is 17.7. The van der Waals surface area contributed by atoms with Crippen LogP contribution in [-0.4, -0.2) is 28.4 Å². The lowest BCUT2D eigenvalue weighted by Crippen LogP contribution is -2.24. The topological polar surface area (TPSA) is 85.6 Å². The van der Waals surface area contributed by atoms with Gasteiger partial charge in [-0.3, -0.25) is 9.59 Å². The van der Waals surface area contributed by atoms with Crippen LogP contribution in [-0.2, 0) is 4.79 Å². The van der Waals surface area contributed by atoms with Gasteiger partial charge in [-0.25, -0.2) is 4.98 Å². The van der Waals surface area contributed by atoms with E-state index >= 15 is 0 Å². The molecule has 4 rings (SSSR count). The molecule has 1 amide bonds. The molecule has 10 heteroatoms. The SMILES string of the molecule is CC[C@H](C)c1nc2ccc(Br)cc2c(=O)n1N=Cc1cc(Br)ccc1OCC(=O)Nc1ccc(Cl)cc1. The van der Waals surface area contributed by atoms with E-state index in [2.05, 4.69) is 42.3 Å². The molecule has 0 spiro atoms. The molecule has 0 aliphatic heterocycles. The van der Waals surface area contributed by atoms with E-state index in [1.54, 1.807) is 48.5 Å². The molecule has 0 aliphatic rings. The Labute approximate surface area is 235 Å². The van der Waals surface area contributed by atoms with Crippen LogP contribution in [0.3, 0.4) is 0 Å². The zero-order valence-corrected chi connectivity index (χ0v) is 24.0. The number of benzene rings is 3. The summed E-state index contributed by atoms with van der Waals surface area (Å²) in [6.45, 7) is 3.83. The summed E-state index contributed by atoms with van der Waals surface area (Å²) in [5, 5.41) is 8.32. The van der Waals surface area contributed by atoms with E-state index < -0.39 is 0 Å². The summed E-state index contributed by atoms with van der Waals surface area (Å²) in [6.07, 6.45) is 2.33. The molecular formula is C27H23Br2ClN4O3. The van der Waals surface area contributed by atoms with Gasteiger partial charge in [0.2, 0.25) is 0 Å². The number of fused-ring (bicyclic) bond motifs is 1.